The third-order valence-corrected chi connectivity index (χ3v) is 3.42. The number of imidazole rings is 1. The van der Waals surface area contributed by atoms with E-state index < -0.39 is 0 Å². The Balaban J connectivity index is 2.25. The lowest BCUT2D eigenvalue weighted by molar-refractivity contribution is 0.0596. The number of nitrogens with one attached hydrogen (secondary N) is 1. The quantitative estimate of drug-likeness (QED) is 0.805. The van der Waals surface area contributed by atoms with Gasteiger partial charge >= 0.3 is 5.97 Å². The molecule has 5 heteroatoms. The minimum absolute atomic E-state index is 0.373. The Bertz CT molecular complexity index is 614. The summed E-state index contributed by atoms with van der Waals surface area (Å²) in [6, 6.07) is 3.95. The number of aromatic nitrogens is 2. The van der Waals surface area contributed by atoms with Gasteiger partial charge in [0.1, 0.15) is 5.82 Å². The molecule has 1 fully saturated rings. The first kappa shape index (κ1) is 11.2. The molecule has 1 saturated heterocycles. The third kappa shape index (κ3) is 1.51. The van der Waals surface area contributed by atoms with Gasteiger partial charge in [0.05, 0.1) is 12.6 Å². The third-order valence-electron chi connectivity index (χ3n) is 3.42. The van der Waals surface area contributed by atoms with E-state index in [0.29, 0.717) is 11.6 Å². The van der Waals surface area contributed by atoms with Crippen LogP contribution in [0.1, 0.15) is 27.8 Å². The zero-order valence-corrected chi connectivity index (χ0v) is 10.4. The van der Waals surface area contributed by atoms with Crippen LogP contribution in [0.5, 0.6) is 0 Å². The van der Waals surface area contributed by atoms with Gasteiger partial charge in [0.25, 0.3) is 0 Å². The van der Waals surface area contributed by atoms with Crippen LogP contribution < -0.4 is 5.32 Å². The lowest BCUT2D eigenvalue weighted by Gasteiger charge is -2.25. The molecule has 0 saturated carbocycles. The van der Waals surface area contributed by atoms with Crippen molar-refractivity contribution >= 4 is 11.5 Å². The predicted octanol–water partition coefficient (Wildman–Crippen LogP) is 1.12. The summed E-state index contributed by atoms with van der Waals surface area (Å²) in [6.07, 6.45) is 1.95. The number of rotatable bonds is 2. The normalized spacial score (nSPS) is 15.7. The van der Waals surface area contributed by atoms with E-state index in [1.807, 2.05) is 29.7 Å². The largest absolute Gasteiger partial charge is 0.464 e. The molecule has 0 aliphatic carbocycles. The molecule has 5 nitrogen and oxygen atoms in total. The number of methoxy groups -OCH3 is 1. The lowest BCUT2D eigenvalue weighted by Crippen LogP contribution is -2.40. The molecule has 1 N–H and O–H groups in total. The first-order valence-electron chi connectivity index (χ1n) is 5.99. The summed E-state index contributed by atoms with van der Waals surface area (Å²) in [4.78, 5) is 16.3. The number of esters is 1. The summed E-state index contributed by atoms with van der Waals surface area (Å²) in [7, 11) is 1.39. The van der Waals surface area contributed by atoms with E-state index in [1.54, 1.807) is 0 Å². The van der Waals surface area contributed by atoms with E-state index in [4.69, 9.17) is 4.74 Å². The SMILES string of the molecule is COC(=O)c1nc(C2CNC2)n2cccc(C)c12. The zero-order chi connectivity index (χ0) is 12.7. The minimum atomic E-state index is -0.375. The Kier molecular flexibility index (Phi) is 2.56. The van der Waals surface area contributed by atoms with Gasteiger partial charge < -0.3 is 14.5 Å². The smallest absolute Gasteiger partial charge is 0.358 e. The first-order valence-corrected chi connectivity index (χ1v) is 5.99. The van der Waals surface area contributed by atoms with Crippen LogP contribution in [0.15, 0.2) is 18.3 Å². The van der Waals surface area contributed by atoms with Crippen LogP contribution in [-0.4, -0.2) is 35.6 Å². The van der Waals surface area contributed by atoms with Gasteiger partial charge in [0, 0.05) is 25.2 Å². The highest BCUT2D eigenvalue weighted by Gasteiger charge is 2.27. The number of hydrogen-bond donors (Lipinski definition) is 1. The summed E-state index contributed by atoms with van der Waals surface area (Å²) in [5, 5.41) is 3.22. The van der Waals surface area contributed by atoms with Crippen molar-refractivity contribution in [1.29, 1.82) is 0 Å². The van der Waals surface area contributed by atoms with Gasteiger partial charge in [-0.25, -0.2) is 9.78 Å². The number of nitrogens with zero attached hydrogens (tertiary/aromatic N) is 2. The average Bonchev–Trinajstić information content (AvgIpc) is 2.67. The summed E-state index contributed by atoms with van der Waals surface area (Å²) in [5.74, 6) is 0.936. The summed E-state index contributed by atoms with van der Waals surface area (Å²) < 4.78 is 6.82. The van der Waals surface area contributed by atoms with E-state index in [-0.39, 0.29) is 5.97 Å². The number of fused-ring (bicyclic) bond motifs is 1. The monoisotopic (exact) mass is 245 g/mol. The Morgan fingerprint density at radius 2 is 2.33 bits per heavy atom. The summed E-state index contributed by atoms with van der Waals surface area (Å²) in [5.41, 5.74) is 2.30. The highest BCUT2D eigenvalue weighted by Crippen LogP contribution is 2.25. The van der Waals surface area contributed by atoms with Crippen LogP contribution >= 0.6 is 0 Å². The summed E-state index contributed by atoms with van der Waals surface area (Å²) in [6.45, 7) is 3.80. The van der Waals surface area contributed by atoms with Crippen LogP contribution in [0, 0.1) is 6.92 Å². The van der Waals surface area contributed by atoms with Crippen LogP contribution in [0.2, 0.25) is 0 Å². The zero-order valence-electron chi connectivity index (χ0n) is 10.4. The lowest BCUT2D eigenvalue weighted by atomic mass is 10.0. The Labute approximate surface area is 105 Å². The molecule has 0 amide bonds. The second-order valence-electron chi connectivity index (χ2n) is 4.58. The van der Waals surface area contributed by atoms with Crippen LogP contribution in [0.3, 0.4) is 0 Å². The Morgan fingerprint density at radius 3 is 2.94 bits per heavy atom. The van der Waals surface area contributed by atoms with Gasteiger partial charge in [-0.15, -0.1) is 0 Å². The number of carbonyl (C=O) groups excluding carboxylic acids is 1. The van der Waals surface area contributed by atoms with Crippen molar-refractivity contribution in [3.05, 3.63) is 35.4 Å². The summed E-state index contributed by atoms with van der Waals surface area (Å²) >= 11 is 0. The molecule has 0 atom stereocenters. The van der Waals surface area contributed by atoms with Gasteiger partial charge in [0.15, 0.2) is 5.69 Å². The highest BCUT2D eigenvalue weighted by atomic mass is 16.5. The second-order valence-corrected chi connectivity index (χ2v) is 4.58. The fourth-order valence-electron chi connectivity index (χ4n) is 2.33. The maximum atomic E-state index is 11.8. The van der Waals surface area contributed by atoms with Crippen molar-refractivity contribution in [3.8, 4) is 0 Å². The molecule has 3 heterocycles. The standard InChI is InChI=1S/C13H15N3O2/c1-8-4-3-5-16-11(8)10(13(17)18-2)15-12(16)9-6-14-7-9/h3-5,9,14H,6-7H2,1-2H3. The van der Waals surface area contributed by atoms with Crippen LogP contribution in [0.4, 0.5) is 0 Å². The number of pyridine rings is 1. The maximum Gasteiger partial charge on any atom is 0.358 e. The number of ether oxygens (including phenoxy) is 1. The fourth-order valence-corrected chi connectivity index (χ4v) is 2.33. The van der Waals surface area contributed by atoms with Crippen molar-refractivity contribution in [1.82, 2.24) is 14.7 Å². The van der Waals surface area contributed by atoms with Crippen molar-refractivity contribution in [2.24, 2.45) is 0 Å². The van der Waals surface area contributed by atoms with Crippen molar-refractivity contribution < 1.29 is 9.53 Å². The highest BCUT2D eigenvalue weighted by molar-refractivity contribution is 5.96. The molecule has 3 rings (SSSR count). The molecular weight excluding hydrogens is 230 g/mol. The second kappa shape index (κ2) is 4.10. The Hall–Kier alpha value is -1.88. The van der Waals surface area contributed by atoms with E-state index in [1.165, 1.54) is 7.11 Å². The molecular formula is C13H15N3O2. The van der Waals surface area contributed by atoms with Gasteiger partial charge in [-0.1, -0.05) is 6.07 Å². The minimum Gasteiger partial charge on any atom is -0.464 e. The topological polar surface area (TPSA) is 55.6 Å². The van der Waals surface area contributed by atoms with E-state index in [2.05, 4.69) is 10.3 Å². The molecule has 0 unspecified atom stereocenters. The van der Waals surface area contributed by atoms with Crippen molar-refractivity contribution in [2.75, 3.05) is 20.2 Å². The molecule has 2 aromatic heterocycles. The Morgan fingerprint density at radius 1 is 1.56 bits per heavy atom. The van der Waals surface area contributed by atoms with Gasteiger partial charge in [-0.05, 0) is 18.6 Å². The molecule has 0 radical (unpaired) electrons. The van der Waals surface area contributed by atoms with E-state index >= 15 is 0 Å². The molecule has 18 heavy (non-hydrogen) atoms. The maximum absolute atomic E-state index is 11.8. The fraction of sp³-hybridized carbons (Fsp3) is 0.385. The number of carbonyl (C=O) groups is 1. The van der Waals surface area contributed by atoms with Crippen molar-refractivity contribution in [2.45, 2.75) is 12.8 Å². The van der Waals surface area contributed by atoms with Crippen LogP contribution in [-0.2, 0) is 4.74 Å². The molecule has 1 aliphatic heterocycles. The predicted molar refractivity (Wildman–Crippen MR) is 66.9 cm³/mol. The first-order chi connectivity index (χ1) is 8.72. The van der Waals surface area contributed by atoms with Crippen molar-refractivity contribution in [3.63, 3.8) is 0 Å². The number of hydrogen-bond acceptors (Lipinski definition) is 4. The molecule has 0 spiro atoms. The number of aryl methyl sites for hydroxylation is 1. The van der Waals surface area contributed by atoms with Gasteiger partial charge in [0.2, 0.25) is 0 Å². The van der Waals surface area contributed by atoms with Crippen LogP contribution in [0.25, 0.3) is 5.52 Å². The average molecular weight is 245 g/mol. The molecule has 0 bridgehead atoms. The molecule has 94 valence electrons. The molecule has 2 aromatic rings. The molecule has 0 aromatic carbocycles. The van der Waals surface area contributed by atoms with E-state index in [9.17, 15) is 4.79 Å². The van der Waals surface area contributed by atoms with Gasteiger partial charge in [-0.3, -0.25) is 0 Å². The molecule has 1 aliphatic rings. The van der Waals surface area contributed by atoms with E-state index in [0.717, 1.165) is 30.0 Å². The van der Waals surface area contributed by atoms with Gasteiger partial charge in [-0.2, -0.15) is 0 Å².